The van der Waals surface area contributed by atoms with Gasteiger partial charge in [-0.2, -0.15) is 0 Å². The Bertz CT molecular complexity index is 403. The number of esters is 1. The quantitative estimate of drug-likeness (QED) is 0.613. The van der Waals surface area contributed by atoms with Crippen molar-refractivity contribution in [3.8, 4) is 0 Å². The van der Waals surface area contributed by atoms with Crippen LogP contribution in [0.15, 0.2) is 11.6 Å². The lowest BCUT2D eigenvalue weighted by atomic mass is 9.61. The van der Waals surface area contributed by atoms with Gasteiger partial charge in [0, 0.05) is 24.9 Å². The second kappa shape index (κ2) is 5.86. The van der Waals surface area contributed by atoms with E-state index >= 15 is 0 Å². The Kier molecular flexibility index (Phi) is 4.55. The summed E-state index contributed by atoms with van der Waals surface area (Å²) in [5, 5.41) is 19.9. The maximum atomic E-state index is 11.0. The van der Waals surface area contributed by atoms with Crippen LogP contribution >= 0.6 is 0 Å². The van der Waals surface area contributed by atoms with Gasteiger partial charge in [-0.1, -0.05) is 18.6 Å². The molecule has 0 aromatic rings. The summed E-state index contributed by atoms with van der Waals surface area (Å²) in [6.07, 6.45) is 7.00. The predicted octanol–water partition coefficient (Wildman–Crippen LogP) is 2.19. The molecule has 0 saturated heterocycles. The van der Waals surface area contributed by atoms with Gasteiger partial charge < -0.3 is 14.9 Å². The molecule has 4 heteroatoms. The summed E-state index contributed by atoms with van der Waals surface area (Å²) in [7, 11) is 0. The largest absolute Gasteiger partial charge is 0.466 e. The molecule has 0 amide bonds. The highest BCUT2D eigenvalue weighted by molar-refractivity contribution is 5.65. The van der Waals surface area contributed by atoms with Crippen molar-refractivity contribution in [2.24, 2.45) is 11.3 Å². The summed E-state index contributed by atoms with van der Waals surface area (Å²) in [4.78, 5) is 11.0. The lowest BCUT2D eigenvalue weighted by molar-refractivity contribution is -0.146. The van der Waals surface area contributed by atoms with E-state index in [0.29, 0.717) is 19.4 Å². The van der Waals surface area contributed by atoms with Crippen LogP contribution in [0.2, 0.25) is 0 Å². The van der Waals surface area contributed by atoms with Gasteiger partial charge in [0.25, 0.3) is 0 Å². The molecule has 0 aromatic carbocycles. The molecular formula is C16H26O4. The molecule has 0 radical (unpaired) electrons. The Morgan fingerprint density at radius 2 is 2.25 bits per heavy atom. The highest BCUT2D eigenvalue weighted by Crippen LogP contribution is 2.59. The number of hydrogen-bond acceptors (Lipinski definition) is 4. The Morgan fingerprint density at radius 3 is 2.90 bits per heavy atom. The molecule has 2 rings (SSSR count). The maximum absolute atomic E-state index is 11.0. The minimum Gasteiger partial charge on any atom is -0.466 e. The molecule has 0 heterocycles. The fourth-order valence-corrected chi connectivity index (χ4v) is 3.94. The zero-order valence-corrected chi connectivity index (χ0v) is 12.5. The van der Waals surface area contributed by atoms with Gasteiger partial charge in [-0.3, -0.25) is 4.79 Å². The third-order valence-corrected chi connectivity index (χ3v) is 5.41. The van der Waals surface area contributed by atoms with E-state index in [1.807, 2.05) is 0 Å². The van der Waals surface area contributed by atoms with Gasteiger partial charge in [-0.15, -0.1) is 0 Å². The first kappa shape index (κ1) is 15.5. The summed E-state index contributed by atoms with van der Waals surface area (Å²) in [5.74, 6) is -0.000767. The molecule has 0 bridgehead atoms. The highest BCUT2D eigenvalue weighted by atomic mass is 16.5. The minimum atomic E-state index is -0.683. The molecular weight excluding hydrogens is 256 g/mol. The number of carbonyl (C=O) groups excluding carboxylic acids is 1. The summed E-state index contributed by atoms with van der Waals surface area (Å²) in [5.41, 5.74) is 0.406. The van der Waals surface area contributed by atoms with E-state index in [-0.39, 0.29) is 23.9 Å². The van der Waals surface area contributed by atoms with Gasteiger partial charge in [0.1, 0.15) is 0 Å². The van der Waals surface area contributed by atoms with Crippen LogP contribution < -0.4 is 0 Å². The number of hydrogen-bond donors (Lipinski definition) is 2. The second-order valence-electron chi connectivity index (χ2n) is 6.54. The predicted molar refractivity (Wildman–Crippen MR) is 76.1 cm³/mol. The number of aliphatic hydroxyl groups is 2. The monoisotopic (exact) mass is 282 g/mol. The van der Waals surface area contributed by atoms with Crippen molar-refractivity contribution >= 4 is 5.97 Å². The van der Waals surface area contributed by atoms with Crippen molar-refractivity contribution in [2.45, 2.75) is 58.0 Å². The molecule has 2 saturated carbocycles. The molecule has 114 valence electrons. The molecule has 4 nitrogen and oxygen atoms in total. The van der Waals surface area contributed by atoms with E-state index in [4.69, 9.17) is 9.84 Å². The van der Waals surface area contributed by atoms with Gasteiger partial charge in [-0.25, -0.2) is 0 Å². The first-order valence-corrected chi connectivity index (χ1v) is 7.56. The Balaban J connectivity index is 2.08. The van der Waals surface area contributed by atoms with Crippen LogP contribution in [0.4, 0.5) is 0 Å². The summed E-state index contributed by atoms with van der Waals surface area (Å²) >= 11 is 0. The first-order chi connectivity index (χ1) is 9.41. The molecule has 2 aliphatic carbocycles. The Morgan fingerprint density at radius 1 is 1.50 bits per heavy atom. The average molecular weight is 282 g/mol. The van der Waals surface area contributed by atoms with E-state index in [2.05, 4.69) is 13.0 Å². The lowest BCUT2D eigenvalue weighted by Gasteiger charge is -2.47. The number of rotatable bonds is 4. The van der Waals surface area contributed by atoms with Gasteiger partial charge in [0.2, 0.25) is 0 Å². The number of fused-ring (bicyclic) bond motifs is 1. The summed E-state index contributed by atoms with van der Waals surface area (Å²) < 4.78 is 5.18. The van der Waals surface area contributed by atoms with Crippen molar-refractivity contribution in [3.63, 3.8) is 0 Å². The molecule has 0 spiro atoms. The van der Waals surface area contributed by atoms with Gasteiger partial charge in [0.15, 0.2) is 0 Å². The van der Waals surface area contributed by atoms with Crippen molar-refractivity contribution in [2.75, 3.05) is 13.2 Å². The van der Waals surface area contributed by atoms with E-state index < -0.39 is 5.60 Å². The smallest absolute Gasteiger partial charge is 0.302 e. The third-order valence-electron chi connectivity index (χ3n) is 5.41. The van der Waals surface area contributed by atoms with E-state index in [1.165, 1.54) is 12.5 Å². The zero-order valence-electron chi connectivity index (χ0n) is 12.5. The molecule has 2 N–H and O–H groups in total. The highest BCUT2D eigenvalue weighted by Gasteiger charge is 2.58. The standard InChI is InChI=1S/C16H26O4/c1-12(18)20-11-14-6-8-16(19)10-13(4-3-9-17)5-7-15(14,16)2/h4,14,17,19H,3,5-11H2,1-2H3/t14-,15-,16+/m1/s1. The van der Waals surface area contributed by atoms with Crippen LogP contribution in [0.5, 0.6) is 0 Å². The van der Waals surface area contributed by atoms with Crippen LogP contribution in [0.25, 0.3) is 0 Å². The minimum absolute atomic E-state index is 0.161. The van der Waals surface area contributed by atoms with Crippen LogP contribution in [0.1, 0.15) is 52.4 Å². The zero-order chi connectivity index (χ0) is 14.8. The van der Waals surface area contributed by atoms with Crippen molar-refractivity contribution in [3.05, 3.63) is 11.6 Å². The van der Waals surface area contributed by atoms with Crippen molar-refractivity contribution < 1.29 is 19.7 Å². The van der Waals surface area contributed by atoms with Gasteiger partial charge >= 0.3 is 5.97 Å². The lowest BCUT2D eigenvalue weighted by Crippen LogP contribution is -2.48. The Labute approximate surface area is 120 Å². The van der Waals surface area contributed by atoms with Crippen LogP contribution in [-0.2, 0) is 9.53 Å². The third kappa shape index (κ3) is 2.77. The van der Waals surface area contributed by atoms with Crippen LogP contribution in [0.3, 0.4) is 0 Å². The topological polar surface area (TPSA) is 66.8 Å². The van der Waals surface area contributed by atoms with Gasteiger partial charge in [-0.05, 0) is 38.5 Å². The fourth-order valence-electron chi connectivity index (χ4n) is 3.94. The molecule has 0 aromatic heterocycles. The Hall–Kier alpha value is -0.870. The van der Waals surface area contributed by atoms with Crippen LogP contribution in [0, 0.1) is 11.3 Å². The molecule has 2 aliphatic rings. The van der Waals surface area contributed by atoms with Gasteiger partial charge in [0.05, 0.1) is 12.2 Å². The number of carbonyl (C=O) groups is 1. The molecule has 2 fully saturated rings. The fraction of sp³-hybridized carbons (Fsp3) is 0.812. The molecule has 0 aliphatic heterocycles. The maximum Gasteiger partial charge on any atom is 0.302 e. The molecule has 0 unspecified atom stereocenters. The summed E-state index contributed by atoms with van der Waals surface area (Å²) in [6.45, 7) is 4.15. The second-order valence-corrected chi connectivity index (χ2v) is 6.54. The number of aliphatic hydroxyl groups excluding tert-OH is 1. The van der Waals surface area contributed by atoms with Crippen LogP contribution in [-0.4, -0.2) is 35.0 Å². The first-order valence-electron chi connectivity index (χ1n) is 7.56. The molecule has 3 atom stereocenters. The normalized spacial score (nSPS) is 38.8. The van der Waals surface area contributed by atoms with E-state index in [9.17, 15) is 9.90 Å². The van der Waals surface area contributed by atoms with E-state index in [0.717, 1.165) is 25.7 Å². The van der Waals surface area contributed by atoms with Crippen molar-refractivity contribution in [1.29, 1.82) is 0 Å². The van der Waals surface area contributed by atoms with E-state index in [1.54, 1.807) is 0 Å². The average Bonchev–Trinajstić information content (AvgIpc) is 2.65. The summed E-state index contributed by atoms with van der Waals surface area (Å²) in [6, 6.07) is 0. The van der Waals surface area contributed by atoms with Crippen molar-refractivity contribution in [1.82, 2.24) is 0 Å². The molecule has 20 heavy (non-hydrogen) atoms. The SMILES string of the molecule is CC(=O)OC[C@H]1CC[C@]2(O)CC(=CCCO)CC[C@]12C. The number of ether oxygens (including phenoxy) is 1.